The van der Waals surface area contributed by atoms with E-state index in [-0.39, 0.29) is 16.0 Å². The Labute approximate surface area is 172 Å². The normalized spacial score (nSPS) is 14.2. The standard InChI is InChI=1S/C20H19N3O6S/c1-12-6-8-13(9-7-12)30(27,28)22-21-11-15-19-14-4-2-3-5-17(14)29-18(19)10-16(20(15)24)23(25)26/h6-11,22,24H,2-5H2,1H3/b21-11-. The van der Waals surface area contributed by atoms with Gasteiger partial charge in [-0.3, -0.25) is 10.1 Å². The van der Waals surface area contributed by atoms with Gasteiger partial charge in [-0.05, 0) is 38.3 Å². The molecule has 10 heteroatoms. The first kappa shape index (κ1) is 19.9. The van der Waals surface area contributed by atoms with Gasteiger partial charge in [0.15, 0.2) is 0 Å². The van der Waals surface area contributed by atoms with Gasteiger partial charge in [0.25, 0.3) is 10.0 Å². The van der Waals surface area contributed by atoms with Crippen LogP contribution in [-0.2, 0) is 22.9 Å². The van der Waals surface area contributed by atoms with E-state index in [2.05, 4.69) is 9.93 Å². The van der Waals surface area contributed by atoms with Crippen molar-refractivity contribution in [1.82, 2.24) is 4.83 Å². The first-order valence-electron chi connectivity index (χ1n) is 9.34. The Morgan fingerprint density at radius 1 is 1.23 bits per heavy atom. The van der Waals surface area contributed by atoms with Crippen molar-refractivity contribution in [2.75, 3.05) is 0 Å². The monoisotopic (exact) mass is 429 g/mol. The molecule has 0 amide bonds. The molecule has 0 atom stereocenters. The summed E-state index contributed by atoms with van der Waals surface area (Å²) in [6, 6.07) is 7.40. The fraction of sp³-hybridized carbons (Fsp3) is 0.250. The van der Waals surface area contributed by atoms with Gasteiger partial charge >= 0.3 is 5.69 Å². The van der Waals surface area contributed by atoms with Crippen LogP contribution in [0.15, 0.2) is 44.7 Å². The molecule has 0 aliphatic heterocycles. The van der Waals surface area contributed by atoms with Gasteiger partial charge < -0.3 is 9.52 Å². The van der Waals surface area contributed by atoms with Crippen LogP contribution in [0.3, 0.4) is 0 Å². The molecule has 0 radical (unpaired) electrons. The van der Waals surface area contributed by atoms with Crippen LogP contribution in [0.5, 0.6) is 5.75 Å². The van der Waals surface area contributed by atoms with E-state index in [1.54, 1.807) is 12.1 Å². The average Bonchev–Trinajstić information content (AvgIpc) is 3.08. The molecule has 156 valence electrons. The third-order valence-electron chi connectivity index (χ3n) is 5.13. The third kappa shape index (κ3) is 3.50. The van der Waals surface area contributed by atoms with E-state index >= 15 is 0 Å². The first-order chi connectivity index (χ1) is 14.3. The second-order valence-corrected chi connectivity index (χ2v) is 8.83. The highest BCUT2D eigenvalue weighted by atomic mass is 32.2. The number of aromatic hydroxyl groups is 1. The van der Waals surface area contributed by atoms with Gasteiger partial charge in [0.1, 0.15) is 11.3 Å². The summed E-state index contributed by atoms with van der Waals surface area (Å²) in [6.45, 7) is 1.84. The lowest BCUT2D eigenvalue weighted by molar-refractivity contribution is -0.385. The lowest BCUT2D eigenvalue weighted by Gasteiger charge is -2.10. The minimum Gasteiger partial charge on any atom is -0.502 e. The summed E-state index contributed by atoms with van der Waals surface area (Å²) in [5.41, 5.74) is 1.57. The minimum atomic E-state index is -3.93. The largest absolute Gasteiger partial charge is 0.502 e. The van der Waals surface area contributed by atoms with Crippen molar-refractivity contribution in [3.05, 3.63) is 62.9 Å². The maximum Gasteiger partial charge on any atom is 0.315 e. The summed E-state index contributed by atoms with van der Waals surface area (Å²) in [5, 5.41) is 26.1. The highest BCUT2D eigenvalue weighted by molar-refractivity contribution is 7.89. The summed E-state index contributed by atoms with van der Waals surface area (Å²) in [5.74, 6) is 0.144. The topological polar surface area (TPSA) is 135 Å². The fourth-order valence-electron chi connectivity index (χ4n) is 3.63. The van der Waals surface area contributed by atoms with Crippen LogP contribution in [0.25, 0.3) is 11.0 Å². The molecule has 0 saturated heterocycles. The predicted molar refractivity (Wildman–Crippen MR) is 110 cm³/mol. The van der Waals surface area contributed by atoms with Crippen molar-refractivity contribution in [1.29, 1.82) is 0 Å². The Morgan fingerprint density at radius 3 is 2.63 bits per heavy atom. The van der Waals surface area contributed by atoms with E-state index in [1.165, 1.54) is 18.2 Å². The van der Waals surface area contributed by atoms with E-state index in [4.69, 9.17) is 4.42 Å². The molecule has 4 rings (SSSR count). The van der Waals surface area contributed by atoms with Crippen molar-refractivity contribution in [3.8, 4) is 5.75 Å². The highest BCUT2D eigenvalue weighted by Gasteiger charge is 2.27. The van der Waals surface area contributed by atoms with E-state index < -0.39 is 26.4 Å². The van der Waals surface area contributed by atoms with Gasteiger partial charge in [-0.2, -0.15) is 13.5 Å². The third-order valence-corrected chi connectivity index (χ3v) is 6.37. The zero-order valence-corrected chi connectivity index (χ0v) is 16.9. The van der Waals surface area contributed by atoms with Crippen molar-refractivity contribution >= 4 is 32.9 Å². The molecule has 30 heavy (non-hydrogen) atoms. The van der Waals surface area contributed by atoms with Crippen LogP contribution in [0.2, 0.25) is 0 Å². The summed E-state index contributed by atoms with van der Waals surface area (Å²) < 4.78 is 30.6. The van der Waals surface area contributed by atoms with E-state index in [0.29, 0.717) is 18.2 Å². The summed E-state index contributed by atoms with van der Waals surface area (Å²) in [6.07, 6.45) is 4.36. The number of hydrogen-bond acceptors (Lipinski definition) is 7. The number of rotatable bonds is 5. The number of phenols is 1. The number of nitrogens with one attached hydrogen (secondary N) is 1. The molecule has 2 aromatic carbocycles. The molecule has 0 bridgehead atoms. The number of furan rings is 1. The predicted octanol–water partition coefficient (Wildman–Crippen LogP) is 3.55. The Balaban J connectivity index is 1.77. The van der Waals surface area contributed by atoms with Crippen molar-refractivity contribution < 1.29 is 22.9 Å². The van der Waals surface area contributed by atoms with Gasteiger partial charge in [-0.15, -0.1) is 0 Å². The zero-order chi connectivity index (χ0) is 21.5. The molecule has 1 aliphatic carbocycles. The van der Waals surface area contributed by atoms with E-state index in [0.717, 1.165) is 35.9 Å². The Bertz CT molecular complexity index is 1280. The number of benzene rings is 2. The van der Waals surface area contributed by atoms with Crippen molar-refractivity contribution in [2.24, 2.45) is 5.10 Å². The minimum absolute atomic E-state index is 0.0272. The molecule has 0 fully saturated rings. The summed E-state index contributed by atoms with van der Waals surface area (Å²) in [4.78, 5) is 12.7. The maximum absolute atomic E-state index is 12.4. The maximum atomic E-state index is 12.4. The van der Waals surface area contributed by atoms with E-state index in [1.807, 2.05) is 6.92 Å². The van der Waals surface area contributed by atoms with Gasteiger partial charge in [0.05, 0.1) is 27.7 Å². The van der Waals surface area contributed by atoms with Gasteiger partial charge in [0, 0.05) is 17.4 Å². The van der Waals surface area contributed by atoms with Crippen molar-refractivity contribution in [3.63, 3.8) is 0 Å². The Kier molecular flexibility index (Phi) is 4.94. The number of nitro benzene ring substituents is 1. The molecule has 3 aromatic rings. The van der Waals surface area contributed by atoms with Crippen LogP contribution >= 0.6 is 0 Å². The van der Waals surface area contributed by atoms with E-state index in [9.17, 15) is 23.6 Å². The number of hydrogen-bond donors (Lipinski definition) is 2. The zero-order valence-electron chi connectivity index (χ0n) is 16.1. The van der Waals surface area contributed by atoms with Gasteiger partial charge in [0.2, 0.25) is 5.75 Å². The van der Waals surface area contributed by atoms with Crippen LogP contribution in [0.1, 0.15) is 35.3 Å². The molecule has 9 nitrogen and oxygen atoms in total. The first-order valence-corrected chi connectivity index (χ1v) is 10.8. The highest BCUT2D eigenvalue weighted by Crippen LogP contribution is 2.41. The lowest BCUT2D eigenvalue weighted by atomic mass is 9.93. The number of nitrogens with zero attached hydrogens (tertiary/aromatic N) is 2. The molecule has 0 spiro atoms. The second kappa shape index (κ2) is 7.45. The lowest BCUT2D eigenvalue weighted by Crippen LogP contribution is -2.18. The molecule has 1 aliphatic rings. The molecule has 2 N–H and O–H groups in total. The number of phenolic OH excluding ortho intramolecular Hbond substituents is 1. The van der Waals surface area contributed by atoms with Crippen LogP contribution < -0.4 is 4.83 Å². The number of aryl methyl sites for hydroxylation is 3. The number of nitro groups is 1. The molecule has 0 saturated carbocycles. The van der Waals surface area contributed by atoms with Crippen LogP contribution in [0, 0.1) is 17.0 Å². The molecule has 1 heterocycles. The molecule has 0 unspecified atom stereocenters. The number of hydrazone groups is 1. The molecule has 1 aromatic heterocycles. The van der Waals surface area contributed by atoms with Crippen LogP contribution in [0.4, 0.5) is 5.69 Å². The SMILES string of the molecule is Cc1ccc(S(=O)(=O)N/N=C\c2c(O)c([N+](=O)[O-])cc3oc4c(c23)CCCC4)cc1. The Morgan fingerprint density at radius 2 is 1.93 bits per heavy atom. The fourth-order valence-corrected chi connectivity index (χ4v) is 4.42. The van der Waals surface area contributed by atoms with Gasteiger partial charge in [-0.25, -0.2) is 4.83 Å². The molecular weight excluding hydrogens is 410 g/mol. The van der Waals surface area contributed by atoms with Gasteiger partial charge in [-0.1, -0.05) is 17.7 Å². The summed E-state index contributed by atoms with van der Waals surface area (Å²) in [7, 11) is -3.93. The quantitative estimate of drug-likeness (QED) is 0.362. The molecular formula is C20H19N3O6S. The van der Waals surface area contributed by atoms with Crippen LogP contribution in [-0.4, -0.2) is 24.7 Å². The smallest absolute Gasteiger partial charge is 0.315 e. The number of sulfonamides is 1. The Hall–Kier alpha value is -3.40. The average molecular weight is 429 g/mol. The van der Waals surface area contributed by atoms with Crippen molar-refractivity contribution in [2.45, 2.75) is 37.5 Å². The number of fused-ring (bicyclic) bond motifs is 3. The second-order valence-electron chi connectivity index (χ2n) is 7.17. The summed E-state index contributed by atoms with van der Waals surface area (Å²) >= 11 is 0.